The van der Waals surface area contributed by atoms with Crippen molar-refractivity contribution in [1.82, 2.24) is 10.2 Å². The Morgan fingerprint density at radius 3 is 2.67 bits per heavy atom. The lowest BCUT2D eigenvalue weighted by Gasteiger charge is -2.28. The van der Waals surface area contributed by atoms with Gasteiger partial charge >= 0.3 is 0 Å². The standard InChI is InChI=1S/C10H17N3OS/c1-7(2)8-9(14)12-10(15-8)13-5-3-11-4-6-13/h7-8,11H,3-6H2,1-2H3. The molecule has 0 spiro atoms. The molecule has 2 heterocycles. The van der Waals surface area contributed by atoms with Crippen molar-refractivity contribution in [2.45, 2.75) is 19.1 Å². The van der Waals surface area contributed by atoms with E-state index in [0.29, 0.717) is 5.92 Å². The van der Waals surface area contributed by atoms with E-state index in [0.717, 1.165) is 31.3 Å². The van der Waals surface area contributed by atoms with Gasteiger partial charge in [0.2, 0.25) is 0 Å². The summed E-state index contributed by atoms with van der Waals surface area (Å²) in [5.74, 6) is 0.412. The predicted molar refractivity (Wildman–Crippen MR) is 63.1 cm³/mol. The van der Waals surface area contributed by atoms with Gasteiger partial charge in [-0.2, -0.15) is 4.99 Å². The molecule has 1 unspecified atom stereocenters. The second kappa shape index (κ2) is 4.53. The van der Waals surface area contributed by atoms with Crippen LogP contribution in [0.1, 0.15) is 13.8 Å². The number of carbonyl (C=O) groups is 1. The van der Waals surface area contributed by atoms with Crippen LogP contribution in [0.3, 0.4) is 0 Å². The fourth-order valence-electron chi connectivity index (χ4n) is 1.77. The molecule has 84 valence electrons. The van der Waals surface area contributed by atoms with Gasteiger partial charge in [-0.05, 0) is 5.92 Å². The van der Waals surface area contributed by atoms with E-state index in [1.807, 2.05) is 0 Å². The summed E-state index contributed by atoms with van der Waals surface area (Å²) in [6, 6.07) is 0. The molecular weight excluding hydrogens is 210 g/mol. The Balaban J connectivity index is 2.00. The van der Waals surface area contributed by atoms with E-state index in [1.54, 1.807) is 11.8 Å². The molecule has 5 heteroatoms. The number of hydrogen-bond acceptors (Lipinski definition) is 4. The number of nitrogens with zero attached hydrogens (tertiary/aromatic N) is 2. The Hall–Kier alpha value is -0.550. The molecule has 0 aromatic heterocycles. The Kier molecular flexibility index (Phi) is 3.31. The van der Waals surface area contributed by atoms with Crippen molar-refractivity contribution < 1.29 is 4.79 Å². The lowest BCUT2D eigenvalue weighted by atomic mass is 10.1. The van der Waals surface area contributed by atoms with E-state index in [1.165, 1.54) is 0 Å². The van der Waals surface area contributed by atoms with Crippen molar-refractivity contribution in [3.05, 3.63) is 0 Å². The summed E-state index contributed by atoms with van der Waals surface area (Å²) in [5, 5.41) is 4.26. The SMILES string of the molecule is CC(C)C1SC(N2CCNCC2)=NC1=O. The second-order valence-electron chi connectivity index (χ2n) is 4.25. The molecule has 15 heavy (non-hydrogen) atoms. The normalized spacial score (nSPS) is 27.4. The first-order chi connectivity index (χ1) is 7.18. The minimum absolute atomic E-state index is 0.0369. The average molecular weight is 227 g/mol. The van der Waals surface area contributed by atoms with Gasteiger partial charge in [-0.3, -0.25) is 4.79 Å². The zero-order chi connectivity index (χ0) is 10.8. The molecule has 0 saturated carbocycles. The van der Waals surface area contributed by atoms with Crippen LogP contribution in [0, 0.1) is 5.92 Å². The number of amidine groups is 1. The molecule has 0 aromatic rings. The molecule has 2 aliphatic heterocycles. The fourth-order valence-corrected chi connectivity index (χ4v) is 2.90. The highest BCUT2D eigenvalue weighted by molar-refractivity contribution is 8.15. The quantitative estimate of drug-likeness (QED) is 0.710. The molecule has 2 rings (SSSR count). The summed E-state index contributed by atoms with van der Waals surface area (Å²) in [6.07, 6.45) is 0. The molecule has 0 aromatic carbocycles. The van der Waals surface area contributed by atoms with E-state index in [2.05, 4.69) is 29.1 Å². The maximum absolute atomic E-state index is 11.6. The molecule has 1 fully saturated rings. The van der Waals surface area contributed by atoms with Gasteiger partial charge in [0.05, 0.1) is 5.25 Å². The van der Waals surface area contributed by atoms with Crippen LogP contribution in [-0.4, -0.2) is 47.4 Å². The Labute approximate surface area is 94.5 Å². The number of nitrogens with one attached hydrogen (secondary N) is 1. The van der Waals surface area contributed by atoms with Crippen LogP contribution in [0.15, 0.2) is 4.99 Å². The van der Waals surface area contributed by atoms with Crippen LogP contribution in [0.25, 0.3) is 0 Å². The predicted octanol–water partition coefficient (Wildman–Crippen LogP) is 0.546. The van der Waals surface area contributed by atoms with Crippen LogP contribution in [0.5, 0.6) is 0 Å². The van der Waals surface area contributed by atoms with Crippen LogP contribution in [0.2, 0.25) is 0 Å². The number of hydrogen-bond donors (Lipinski definition) is 1. The fraction of sp³-hybridized carbons (Fsp3) is 0.800. The molecule has 0 aliphatic carbocycles. The van der Waals surface area contributed by atoms with Gasteiger partial charge in [0.1, 0.15) is 0 Å². The lowest BCUT2D eigenvalue weighted by molar-refractivity contribution is -0.117. The Morgan fingerprint density at radius 1 is 1.47 bits per heavy atom. The minimum Gasteiger partial charge on any atom is -0.349 e. The van der Waals surface area contributed by atoms with Crippen molar-refractivity contribution in [2.75, 3.05) is 26.2 Å². The molecule has 4 nitrogen and oxygen atoms in total. The van der Waals surface area contributed by atoms with E-state index in [-0.39, 0.29) is 11.2 Å². The molecule has 1 atom stereocenters. The van der Waals surface area contributed by atoms with E-state index in [4.69, 9.17) is 0 Å². The first kappa shape index (κ1) is 11.0. The molecule has 1 N–H and O–H groups in total. The van der Waals surface area contributed by atoms with Gasteiger partial charge in [0.15, 0.2) is 5.17 Å². The van der Waals surface area contributed by atoms with Crippen molar-refractivity contribution in [3.8, 4) is 0 Å². The smallest absolute Gasteiger partial charge is 0.261 e. The summed E-state index contributed by atoms with van der Waals surface area (Å²) in [5.41, 5.74) is 0. The summed E-state index contributed by atoms with van der Waals surface area (Å²) >= 11 is 1.63. The summed E-state index contributed by atoms with van der Waals surface area (Å²) in [4.78, 5) is 18.0. The Morgan fingerprint density at radius 2 is 2.13 bits per heavy atom. The second-order valence-corrected chi connectivity index (χ2v) is 5.36. The first-order valence-electron chi connectivity index (χ1n) is 5.43. The molecule has 2 aliphatic rings. The third kappa shape index (κ3) is 2.34. The molecule has 0 bridgehead atoms. The number of aliphatic imine (C=N–C) groups is 1. The van der Waals surface area contributed by atoms with Crippen LogP contribution < -0.4 is 5.32 Å². The monoisotopic (exact) mass is 227 g/mol. The number of rotatable bonds is 1. The highest BCUT2D eigenvalue weighted by atomic mass is 32.2. The minimum atomic E-state index is 0.0369. The van der Waals surface area contributed by atoms with Gasteiger partial charge < -0.3 is 10.2 Å². The van der Waals surface area contributed by atoms with Crippen LogP contribution in [0.4, 0.5) is 0 Å². The van der Waals surface area contributed by atoms with Gasteiger partial charge in [-0.25, -0.2) is 0 Å². The van der Waals surface area contributed by atoms with Crippen molar-refractivity contribution in [3.63, 3.8) is 0 Å². The maximum atomic E-state index is 11.6. The molecule has 1 saturated heterocycles. The van der Waals surface area contributed by atoms with E-state index >= 15 is 0 Å². The number of thioether (sulfide) groups is 1. The Bertz CT molecular complexity index is 284. The number of carbonyl (C=O) groups excluding carboxylic acids is 1. The van der Waals surface area contributed by atoms with Crippen molar-refractivity contribution in [2.24, 2.45) is 10.9 Å². The van der Waals surface area contributed by atoms with Crippen LogP contribution >= 0.6 is 11.8 Å². The zero-order valence-corrected chi connectivity index (χ0v) is 10.0. The summed E-state index contributed by atoms with van der Waals surface area (Å²) < 4.78 is 0. The number of piperazine rings is 1. The van der Waals surface area contributed by atoms with Gasteiger partial charge in [-0.15, -0.1) is 0 Å². The van der Waals surface area contributed by atoms with Crippen molar-refractivity contribution in [1.29, 1.82) is 0 Å². The van der Waals surface area contributed by atoms with Crippen LogP contribution in [-0.2, 0) is 4.79 Å². The van der Waals surface area contributed by atoms with E-state index < -0.39 is 0 Å². The zero-order valence-electron chi connectivity index (χ0n) is 9.19. The largest absolute Gasteiger partial charge is 0.349 e. The van der Waals surface area contributed by atoms with Gasteiger partial charge in [-0.1, -0.05) is 25.6 Å². The molecule has 1 amide bonds. The molecular formula is C10H17N3OS. The maximum Gasteiger partial charge on any atom is 0.261 e. The third-order valence-electron chi connectivity index (χ3n) is 2.67. The third-order valence-corrected chi connectivity index (χ3v) is 4.23. The summed E-state index contributed by atoms with van der Waals surface area (Å²) in [6.45, 7) is 8.05. The van der Waals surface area contributed by atoms with E-state index in [9.17, 15) is 4.79 Å². The topological polar surface area (TPSA) is 44.7 Å². The lowest BCUT2D eigenvalue weighted by Crippen LogP contribution is -2.45. The summed E-state index contributed by atoms with van der Waals surface area (Å²) in [7, 11) is 0. The van der Waals surface area contributed by atoms with Gasteiger partial charge in [0.25, 0.3) is 5.91 Å². The first-order valence-corrected chi connectivity index (χ1v) is 6.31. The molecule has 0 radical (unpaired) electrons. The average Bonchev–Trinajstić information content (AvgIpc) is 2.62. The highest BCUT2D eigenvalue weighted by Crippen LogP contribution is 2.29. The highest BCUT2D eigenvalue weighted by Gasteiger charge is 2.33. The van der Waals surface area contributed by atoms with Crippen molar-refractivity contribution >= 4 is 22.8 Å². The number of amides is 1. The van der Waals surface area contributed by atoms with Gasteiger partial charge in [0, 0.05) is 26.2 Å².